The monoisotopic (exact) mass is 624 g/mol. The third-order valence-corrected chi connectivity index (χ3v) is 9.34. The molecule has 10 nitrogen and oxygen atoms in total. The van der Waals surface area contributed by atoms with Gasteiger partial charge in [0.2, 0.25) is 11.7 Å². The van der Waals surface area contributed by atoms with Crippen LogP contribution in [0, 0.1) is 0 Å². The van der Waals surface area contributed by atoms with E-state index in [-0.39, 0.29) is 36.1 Å². The fourth-order valence-electron chi connectivity index (χ4n) is 7.04. The number of nitrogens with one attached hydrogen (secondary N) is 1. The number of benzene rings is 2. The van der Waals surface area contributed by atoms with E-state index in [1.165, 1.54) is 6.33 Å². The summed E-state index contributed by atoms with van der Waals surface area (Å²) in [5.74, 6) is 0.448. The summed E-state index contributed by atoms with van der Waals surface area (Å²) < 4.78 is 10.1. The average molecular weight is 625 g/mol. The van der Waals surface area contributed by atoms with Crippen molar-refractivity contribution in [1.29, 1.82) is 0 Å². The molecule has 1 amide bonds. The molecule has 1 atom stereocenters. The molecule has 10 heteroatoms. The maximum absolute atomic E-state index is 14.5. The number of ether oxygens (including phenoxy) is 1. The molecule has 2 aliphatic rings. The van der Waals surface area contributed by atoms with E-state index >= 15 is 0 Å². The Morgan fingerprint density at radius 1 is 1.04 bits per heavy atom. The Bertz CT molecular complexity index is 1790. The number of rotatable bonds is 11. The van der Waals surface area contributed by atoms with Crippen molar-refractivity contribution in [3.8, 4) is 11.1 Å². The zero-order chi connectivity index (χ0) is 32.4. The van der Waals surface area contributed by atoms with Gasteiger partial charge < -0.3 is 9.84 Å². The van der Waals surface area contributed by atoms with Gasteiger partial charge in [-0.15, -0.1) is 0 Å². The molecule has 0 spiro atoms. The van der Waals surface area contributed by atoms with E-state index in [1.807, 2.05) is 46.3 Å². The molecule has 2 aromatic heterocycles. The zero-order valence-corrected chi connectivity index (χ0v) is 27.2. The number of aryl methyl sites for hydroxylation is 1. The van der Waals surface area contributed by atoms with Crippen LogP contribution in [0.3, 0.4) is 0 Å². The molecule has 1 saturated carbocycles. The van der Waals surface area contributed by atoms with Crippen LogP contribution in [0.25, 0.3) is 16.9 Å². The third kappa shape index (κ3) is 6.41. The Balaban J connectivity index is 1.36. The minimum atomic E-state index is -0.907. The molecular formula is C36H44N6O4. The second kappa shape index (κ2) is 13.3. The summed E-state index contributed by atoms with van der Waals surface area (Å²) in [6.45, 7) is 7.73. The van der Waals surface area contributed by atoms with Gasteiger partial charge in [0.05, 0.1) is 35.6 Å². The van der Waals surface area contributed by atoms with E-state index in [4.69, 9.17) is 4.74 Å². The van der Waals surface area contributed by atoms with Gasteiger partial charge in [-0.05, 0) is 75.1 Å². The summed E-state index contributed by atoms with van der Waals surface area (Å²) in [6, 6.07) is 16.2. The Morgan fingerprint density at radius 3 is 2.46 bits per heavy atom. The molecule has 1 fully saturated rings. The quantitative estimate of drug-likeness (QED) is 0.231. The minimum Gasteiger partial charge on any atom is -0.388 e. The van der Waals surface area contributed by atoms with E-state index in [9.17, 15) is 14.7 Å². The summed E-state index contributed by atoms with van der Waals surface area (Å²) in [4.78, 5) is 31.2. The van der Waals surface area contributed by atoms with Crippen LogP contribution >= 0.6 is 0 Å². The van der Waals surface area contributed by atoms with E-state index in [2.05, 4.69) is 45.7 Å². The van der Waals surface area contributed by atoms with Crippen molar-refractivity contribution in [3.63, 3.8) is 0 Å². The molecule has 4 aromatic rings. The highest BCUT2D eigenvalue weighted by Crippen LogP contribution is 2.33. The van der Waals surface area contributed by atoms with Crippen LogP contribution in [0.5, 0.6) is 0 Å². The van der Waals surface area contributed by atoms with E-state index in [0.717, 1.165) is 66.5 Å². The Morgan fingerprint density at radius 2 is 1.80 bits per heavy atom. The van der Waals surface area contributed by atoms with E-state index in [0.29, 0.717) is 29.9 Å². The second-order valence-corrected chi connectivity index (χ2v) is 13.1. The predicted molar refractivity (Wildman–Crippen MR) is 178 cm³/mol. The van der Waals surface area contributed by atoms with Crippen molar-refractivity contribution in [2.24, 2.45) is 5.10 Å². The van der Waals surface area contributed by atoms with Crippen LogP contribution in [0.2, 0.25) is 0 Å². The topological polar surface area (TPSA) is 123 Å². The van der Waals surface area contributed by atoms with Crippen molar-refractivity contribution >= 4 is 17.4 Å². The minimum absolute atomic E-state index is 0.0278. The predicted octanol–water partition coefficient (Wildman–Crippen LogP) is 5.38. The number of hydrogen-bond acceptors (Lipinski definition) is 7. The first-order valence-corrected chi connectivity index (χ1v) is 16.6. The number of fused-ring (bicyclic) bond motifs is 1. The number of aliphatic hydroxyl groups is 1. The first-order valence-electron chi connectivity index (χ1n) is 16.6. The van der Waals surface area contributed by atoms with E-state index < -0.39 is 5.60 Å². The summed E-state index contributed by atoms with van der Waals surface area (Å²) in [7, 11) is 0. The van der Waals surface area contributed by atoms with Crippen LogP contribution in [-0.4, -0.2) is 53.7 Å². The molecule has 1 aliphatic carbocycles. The Labute approximate surface area is 269 Å². The van der Waals surface area contributed by atoms with Gasteiger partial charge in [0.25, 0.3) is 5.56 Å². The highest BCUT2D eigenvalue weighted by molar-refractivity contribution is 6.16. The van der Waals surface area contributed by atoms with Crippen molar-refractivity contribution in [1.82, 2.24) is 24.6 Å². The van der Waals surface area contributed by atoms with Gasteiger partial charge in [-0.2, -0.15) is 15.2 Å². The number of hydrazone groups is 1. The number of carbonyl (C=O) groups excluding carboxylic acids is 1. The summed E-state index contributed by atoms with van der Waals surface area (Å²) in [5, 5.41) is 19.5. The molecule has 0 bridgehead atoms. The molecule has 3 heterocycles. The van der Waals surface area contributed by atoms with Gasteiger partial charge in [0, 0.05) is 23.6 Å². The van der Waals surface area contributed by atoms with Crippen molar-refractivity contribution in [2.45, 2.75) is 109 Å². The molecule has 46 heavy (non-hydrogen) atoms. The Hall–Kier alpha value is -4.15. The van der Waals surface area contributed by atoms with Crippen LogP contribution in [0.4, 0.5) is 0 Å². The number of hydrogen-bond donors (Lipinski definition) is 2. The first-order chi connectivity index (χ1) is 22.2. The normalized spacial score (nSPS) is 19.3. The molecule has 0 radical (unpaired) electrons. The molecule has 1 aliphatic heterocycles. The lowest BCUT2D eigenvalue weighted by molar-refractivity contribution is -0.128. The molecule has 2 aromatic carbocycles. The standard InChI is InChI=1S/C36H44N6O4/c1-5-10-31-29(20-23-13-18-27(24-11-8-7-9-12-24)28(19-23)30-21-33(43)40-39-30)34(44)41(35-37-22-38-42(31)35)25-14-16-26(17-15-25)46-32(6-2)36(3,4)45/h7-9,11-13,18-19,22,25-26,32,45H,5-6,10,14-17,20-21H2,1-4H3,(H,40,43). The highest BCUT2D eigenvalue weighted by Gasteiger charge is 2.33. The van der Waals surface area contributed by atoms with Crippen molar-refractivity contribution < 1.29 is 14.6 Å². The maximum atomic E-state index is 14.5. The smallest absolute Gasteiger partial charge is 0.259 e. The third-order valence-electron chi connectivity index (χ3n) is 9.34. The number of aromatic nitrogens is 4. The zero-order valence-electron chi connectivity index (χ0n) is 27.2. The lowest BCUT2D eigenvalue weighted by Crippen LogP contribution is -2.41. The van der Waals surface area contributed by atoms with Crippen LogP contribution in [0.1, 0.15) is 101 Å². The molecule has 242 valence electrons. The fourth-order valence-corrected chi connectivity index (χ4v) is 7.04. The molecular weight excluding hydrogens is 580 g/mol. The summed E-state index contributed by atoms with van der Waals surface area (Å²) in [6.07, 6.45) is 7.41. The summed E-state index contributed by atoms with van der Waals surface area (Å²) >= 11 is 0. The molecule has 1 unspecified atom stereocenters. The van der Waals surface area contributed by atoms with Crippen molar-refractivity contribution in [3.05, 3.63) is 87.6 Å². The fraction of sp³-hybridized carbons (Fsp3) is 0.472. The Kier molecular flexibility index (Phi) is 9.20. The van der Waals surface area contributed by atoms with Gasteiger partial charge in [0.1, 0.15) is 6.33 Å². The van der Waals surface area contributed by atoms with Gasteiger partial charge in [-0.25, -0.2) is 9.94 Å². The summed E-state index contributed by atoms with van der Waals surface area (Å²) in [5.41, 5.74) is 7.83. The molecule has 0 saturated heterocycles. The number of amides is 1. The van der Waals surface area contributed by atoms with Gasteiger partial charge >= 0.3 is 0 Å². The van der Waals surface area contributed by atoms with Gasteiger partial charge in [-0.1, -0.05) is 62.7 Å². The van der Waals surface area contributed by atoms with E-state index in [1.54, 1.807) is 13.8 Å². The lowest BCUT2D eigenvalue weighted by atomic mass is 9.90. The van der Waals surface area contributed by atoms with Crippen LogP contribution < -0.4 is 11.0 Å². The number of nitrogens with zero attached hydrogens (tertiary/aromatic N) is 5. The lowest BCUT2D eigenvalue weighted by Gasteiger charge is -2.36. The van der Waals surface area contributed by atoms with Crippen LogP contribution in [0.15, 0.2) is 64.8 Å². The average Bonchev–Trinajstić information content (AvgIpc) is 3.71. The SMILES string of the molecule is CCCc1c(Cc2ccc(-c3ccccc3)c(C3=NNC(=O)C3)c2)c(=O)n(C2CCC(OC(CC)C(C)(C)O)CC2)c2ncnn12. The first kappa shape index (κ1) is 31.8. The largest absolute Gasteiger partial charge is 0.388 e. The van der Waals surface area contributed by atoms with Gasteiger partial charge in [-0.3, -0.25) is 14.2 Å². The van der Waals surface area contributed by atoms with Crippen molar-refractivity contribution in [2.75, 3.05) is 0 Å². The molecule has 2 N–H and O–H groups in total. The number of carbonyl (C=O) groups is 1. The highest BCUT2D eigenvalue weighted by atomic mass is 16.5. The van der Waals surface area contributed by atoms with Gasteiger partial charge in [0.15, 0.2) is 0 Å². The van der Waals surface area contributed by atoms with Crippen LogP contribution in [-0.2, 0) is 22.4 Å². The second-order valence-electron chi connectivity index (χ2n) is 13.1. The maximum Gasteiger partial charge on any atom is 0.259 e. The molecule has 6 rings (SSSR count).